The van der Waals surface area contributed by atoms with Gasteiger partial charge in [-0.3, -0.25) is 4.79 Å². The number of nitrogens with zero attached hydrogens (tertiary/aromatic N) is 2. The molecule has 0 aliphatic carbocycles. The van der Waals surface area contributed by atoms with Gasteiger partial charge in [0.2, 0.25) is 0 Å². The lowest BCUT2D eigenvalue weighted by atomic mass is 10.1. The predicted octanol–water partition coefficient (Wildman–Crippen LogP) is 4.17. The number of hydrazone groups is 1. The maximum Gasteiger partial charge on any atom is 0.271 e. The van der Waals surface area contributed by atoms with Gasteiger partial charge >= 0.3 is 0 Å². The van der Waals surface area contributed by atoms with Crippen LogP contribution in [0.3, 0.4) is 0 Å². The summed E-state index contributed by atoms with van der Waals surface area (Å²) in [4.78, 5) is 14.7. The Bertz CT molecular complexity index is 856. The summed E-state index contributed by atoms with van der Waals surface area (Å²) < 4.78 is 0. The number of aliphatic hydroxyl groups excluding tert-OH is 1. The van der Waals surface area contributed by atoms with Crippen LogP contribution in [0.15, 0.2) is 59.7 Å². The zero-order valence-corrected chi connectivity index (χ0v) is 18.9. The predicted molar refractivity (Wildman–Crippen MR) is 130 cm³/mol. The average Bonchev–Trinajstić information content (AvgIpc) is 2.83. The van der Waals surface area contributed by atoms with Crippen LogP contribution in [-0.2, 0) is 0 Å². The first-order valence-electron chi connectivity index (χ1n) is 11.1. The minimum absolute atomic E-state index is 0.309. The molecule has 0 fully saturated rings. The lowest BCUT2D eigenvalue weighted by molar-refractivity contribution is 0.0323. The summed E-state index contributed by atoms with van der Waals surface area (Å²) >= 11 is 0. The number of hydrogen-bond donors (Lipinski definition) is 4. The zero-order valence-electron chi connectivity index (χ0n) is 18.9. The molecule has 7 heteroatoms. The standard InChI is InChI=1S/C25H34N4O3/c1-3-5-17-29(18-6-4-2)23-14-9-21(10-15-23)19-26-27-25(31)22-12-7-20(8-13-22)11-16-24(30)28-32/h7-16,19,24,28,30,32H,3-6,17-18H2,1-2H3,(H,27,31)/b16-11+,26-19+. The SMILES string of the molecule is CCCCN(CCCC)c1ccc(/C=N/NC(=O)c2ccc(/C=C/C(O)NO)cc2)cc1. The third-order valence-corrected chi connectivity index (χ3v) is 4.98. The van der Waals surface area contributed by atoms with Crippen molar-refractivity contribution in [2.75, 3.05) is 18.0 Å². The van der Waals surface area contributed by atoms with E-state index in [2.05, 4.69) is 41.4 Å². The van der Waals surface area contributed by atoms with Crippen molar-refractivity contribution in [1.82, 2.24) is 10.9 Å². The smallest absolute Gasteiger partial charge is 0.271 e. The van der Waals surface area contributed by atoms with Crippen molar-refractivity contribution in [3.05, 3.63) is 71.3 Å². The third kappa shape index (κ3) is 8.63. The first-order chi connectivity index (χ1) is 15.6. The largest absolute Gasteiger partial charge is 0.373 e. The molecule has 1 amide bonds. The molecule has 0 saturated carbocycles. The Hall–Kier alpha value is -3.00. The molecule has 32 heavy (non-hydrogen) atoms. The maximum atomic E-state index is 12.3. The normalized spacial score (nSPS) is 12.4. The fourth-order valence-corrected chi connectivity index (χ4v) is 3.06. The van der Waals surface area contributed by atoms with Crippen LogP contribution < -0.4 is 15.8 Å². The fraction of sp³-hybridized carbons (Fsp3) is 0.360. The van der Waals surface area contributed by atoms with Gasteiger partial charge in [0, 0.05) is 24.3 Å². The Kier molecular flexibility index (Phi) is 11.2. The van der Waals surface area contributed by atoms with Gasteiger partial charge in [0.1, 0.15) is 6.23 Å². The second kappa shape index (κ2) is 14.1. The van der Waals surface area contributed by atoms with E-state index in [0.717, 1.165) is 24.2 Å². The minimum atomic E-state index is -1.14. The van der Waals surface area contributed by atoms with Crippen LogP contribution in [-0.4, -0.2) is 41.8 Å². The topological polar surface area (TPSA) is 97.2 Å². The van der Waals surface area contributed by atoms with E-state index in [4.69, 9.17) is 5.21 Å². The fourth-order valence-electron chi connectivity index (χ4n) is 3.06. The Morgan fingerprint density at radius 3 is 2.16 bits per heavy atom. The molecule has 0 spiro atoms. The number of carbonyl (C=O) groups is 1. The molecule has 1 atom stereocenters. The highest BCUT2D eigenvalue weighted by Gasteiger charge is 2.06. The Balaban J connectivity index is 1.91. The summed E-state index contributed by atoms with van der Waals surface area (Å²) in [5.74, 6) is -0.309. The Morgan fingerprint density at radius 1 is 1.00 bits per heavy atom. The van der Waals surface area contributed by atoms with Gasteiger partial charge in [0.15, 0.2) is 0 Å². The van der Waals surface area contributed by atoms with Crippen molar-refractivity contribution < 1.29 is 15.1 Å². The van der Waals surface area contributed by atoms with Crippen LogP contribution in [0.1, 0.15) is 61.0 Å². The van der Waals surface area contributed by atoms with Gasteiger partial charge in [-0.05, 0) is 54.3 Å². The highest BCUT2D eigenvalue weighted by Crippen LogP contribution is 2.16. The van der Waals surface area contributed by atoms with Crippen molar-refractivity contribution in [3.63, 3.8) is 0 Å². The van der Waals surface area contributed by atoms with Gasteiger partial charge in [-0.25, -0.2) is 5.43 Å². The molecule has 172 valence electrons. The molecule has 4 N–H and O–H groups in total. The van der Waals surface area contributed by atoms with Gasteiger partial charge in [-0.2, -0.15) is 10.6 Å². The van der Waals surface area contributed by atoms with E-state index in [1.807, 2.05) is 12.1 Å². The minimum Gasteiger partial charge on any atom is -0.373 e. The van der Waals surface area contributed by atoms with E-state index in [1.165, 1.54) is 37.4 Å². The first kappa shape index (κ1) is 25.3. The summed E-state index contributed by atoms with van der Waals surface area (Å²) in [5, 5.41) is 21.9. The van der Waals surface area contributed by atoms with E-state index in [-0.39, 0.29) is 5.91 Å². The van der Waals surface area contributed by atoms with E-state index < -0.39 is 6.23 Å². The molecular formula is C25H34N4O3. The quantitative estimate of drug-likeness (QED) is 0.214. The number of aliphatic hydroxyl groups is 1. The summed E-state index contributed by atoms with van der Waals surface area (Å²) in [6, 6.07) is 15.0. The van der Waals surface area contributed by atoms with Crippen LogP contribution in [0.4, 0.5) is 5.69 Å². The Labute approximate surface area is 190 Å². The van der Waals surface area contributed by atoms with Crippen molar-refractivity contribution in [2.45, 2.75) is 45.8 Å². The monoisotopic (exact) mass is 438 g/mol. The third-order valence-electron chi connectivity index (χ3n) is 4.98. The van der Waals surface area contributed by atoms with Crippen LogP contribution >= 0.6 is 0 Å². The van der Waals surface area contributed by atoms with E-state index in [0.29, 0.717) is 5.56 Å². The number of carbonyl (C=O) groups excluding carboxylic acids is 1. The van der Waals surface area contributed by atoms with Crippen LogP contribution in [0, 0.1) is 0 Å². The van der Waals surface area contributed by atoms with E-state index >= 15 is 0 Å². The second-order valence-electron chi connectivity index (χ2n) is 7.54. The highest BCUT2D eigenvalue weighted by molar-refractivity contribution is 5.95. The van der Waals surface area contributed by atoms with E-state index in [9.17, 15) is 9.90 Å². The molecule has 0 aliphatic heterocycles. The molecular weight excluding hydrogens is 404 g/mol. The molecule has 0 saturated heterocycles. The second-order valence-corrected chi connectivity index (χ2v) is 7.54. The summed E-state index contributed by atoms with van der Waals surface area (Å²) in [6.07, 6.45) is 8.21. The summed E-state index contributed by atoms with van der Waals surface area (Å²) in [7, 11) is 0. The van der Waals surface area contributed by atoms with Crippen LogP contribution in [0.25, 0.3) is 6.08 Å². The Morgan fingerprint density at radius 2 is 1.59 bits per heavy atom. The first-order valence-corrected chi connectivity index (χ1v) is 11.1. The molecule has 2 rings (SSSR count). The highest BCUT2D eigenvalue weighted by atomic mass is 16.5. The van der Waals surface area contributed by atoms with Gasteiger partial charge < -0.3 is 15.2 Å². The van der Waals surface area contributed by atoms with Crippen molar-refractivity contribution in [3.8, 4) is 0 Å². The molecule has 7 nitrogen and oxygen atoms in total. The molecule has 0 aromatic heterocycles. The number of hydroxylamine groups is 1. The molecule has 0 bridgehead atoms. The number of anilines is 1. The molecule has 0 radical (unpaired) electrons. The van der Waals surface area contributed by atoms with Crippen molar-refractivity contribution in [1.29, 1.82) is 0 Å². The number of benzene rings is 2. The summed E-state index contributed by atoms with van der Waals surface area (Å²) in [6.45, 7) is 6.54. The number of rotatable bonds is 13. The maximum absolute atomic E-state index is 12.3. The van der Waals surface area contributed by atoms with Gasteiger partial charge in [0.25, 0.3) is 5.91 Å². The molecule has 0 aliphatic rings. The van der Waals surface area contributed by atoms with Crippen LogP contribution in [0.2, 0.25) is 0 Å². The van der Waals surface area contributed by atoms with E-state index in [1.54, 1.807) is 42.0 Å². The lowest BCUT2D eigenvalue weighted by Gasteiger charge is -2.24. The number of unbranched alkanes of at least 4 members (excludes halogenated alkanes) is 2. The number of nitrogens with one attached hydrogen (secondary N) is 2. The lowest BCUT2D eigenvalue weighted by Crippen LogP contribution is -2.25. The van der Waals surface area contributed by atoms with Gasteiger partial charge in [-0.15, -0.1) is 0 Å². The molecule has 0 heterocycles. The van der Waals surface area contributed by atoms with Crippen molar-refractivity contribution >= 4 is 23.9 Å². The average molecular weight is 439 g/mol. The number of hydrogen-bond acceptors (Lipinski definition) is 6. The van der Waals surface area contributed by atoms with Crippen molar-refractivity contribution in [2.24, 2.45) is 5.10 Å². The molecule has 1 unspecified atom stereocenters. The van der Waals surface area contributed by atoms with Crippen LogP contribution in [0.5, 0.6) is 0 Å². The number of amides is 1. The zero-order chi connectivity index (χ0) is 23.2. The summed E-state index contributed by atoms with van der Waals surface area (Å²) in [5.41, 5.74) is 7.63. The molecule has 2 aromatic carbocycles. The molecule has 2 aromatic rings. The van der Waals surface area contributed by atoms with Gasteiger partial charge in [0.05, 0.1) is 6.21 Å². The van der Waals surface area contributed by atoms with Gasteiger partial charge in [-0.1, -0.05) is 57.0 Å².